The largest absolute Gasteiger partial charge is 0.462 e. The molecule has 2 aromatic rings. The molecule has 0 fully saturated rings. The second kappa shape index (κ2) is 5.01. The van der Waals surface area contributed by atoms with Crippen molar-refractivity contribution in [3.8, 4) is 0 Å². The Hall–Kier alpha value is -1.81. The zero-order valence-electron chi connectivity index (χ0n) is 9.77. The van der Waals surface area contributed by atoms with Crippen LogP contribution in [0.15, 0.2) is 34.9 Å². The third-order valence-electron chi connectivity index (χ3n) is 2.69. The fourth-order valence-corrected chi connectivity index (χ4v) is 1.68. The van der Waals surface area contributed by atoms with E-state index in [1.807, 2.05) is 31.2 Å². The molecule has 0 aliphatic carbocycles. The van der Waals surface area contributed by atoms with Crippen LogP contribution in [0.3, 0.4) is 0 Å². The molecular formula is C13H16N2O2. The highest BCUT2D eigenvalue weighted by Gasteiger charge is 2.11. The SMILES string of the molecule is CC(CN)CC(=O)Nc1coc2ccccc12. The third-order valence-corrected chi connectivity index (χ3v) is 2.69. The summed E-state index contributed by atoms with van der Waals surface area (Å²) >= 11 is 0. The lowest BCUT2D eigenvalue weighted by atomic mass is 10.1. The van der Waals surface area contributed by atoms with E-state index in [4.69, 9.17) is 10.2 Å². The standard InChI is InChI=1S/C13H16N2O2/c1-9(7-14)6-13(16)15-11-8-17-12-5-3-2-4-10(11)12/h2-5,8-9H,6-7,14H2,1H3,(H,15,16). The van der Waals surface area contributed by atoms with Gasteiger partial charge in [-0.3, -0.25) is 4.79 Å². The number of para-hydroxylation sites is 1. The van der Waals surface area contributed by atoms with Gasteiger partial charge < -0.3 is 15.5 Å². The minimum Gasteiger partial charge on any atom is -0.462 e. The van der Waals surface area contributed by atoms with E-state index in [1.165, 1.54) is 0 Å². The predicted octanol–water partition coefficient (Wildman–Crippen LogP) is 2.36. The van der Waals surface area contributed by atoms with Gasteiger partial charge in [-0.25, -0.2) is 0 Å². The Morgan fingerprint density at radius 3 is 3.00 bits per heavy atom. The van der Waals surface area contributed by atoms with Crippen LogP contribution in [-0.2, 0) is 4.79 Å². The Morgan fingerprint density at radius 1 is 1.47 bits per heavy atom. The van der Waals surface area contributed by atoms with E-state index in [0.29, 0.717) is 13.0 Å². The summed E-state index contributed by atoms with van der Waals surface area (Å²) in [7, 11) is 0. The van der Waals surface area contributed by atoms with Gasteiger partial charge in [0, 0.05) is 11.8 Å². The summed E-state index contributed by atoms with van der Waals surface area (Å²) in [6.07, 6.45) is 1.99. The lowest BCUT2D eigenvalue weighted by Crippen LogP contribution is -2.19. The van der Waals surface area contributed by atoms with Crippen molar-refractivity contribution in [2.24, 2.45) is 11.7 Å². The number of nitrogens with one attached hydrogen (secondary N) is 1. The van der Waals surface area contributed by atoms with Gasteiger partial charge in [0.15, 0.2) is 0 Å². The molecule has 1 amide bonds. The molecule has 0 radical (unpaired) electrons. The first-order valence-electron chi connectivity index (χ1n) is 5.67. The third kappa shape index (κ3) is 2.65. The lowest BCUT2D eigenvalue weighted by Gasteiger charge is -2.07. The number of nitrogens with two attached hydrogens (primary N) is 1. The van der Waals surface area contributed by atoms with Gasteiger partial charge >= 0.3 is 0 Å². The average molecular weight is 232 g/mol. The minimum absolute atomic E-state index is 0.0329. The van der Waals surface area contributed by atoms with Crippen LogP contribution in [0.5, 0.6) is 0 Å². The molecule has 1 atom stereocenters. The Labute approximate surface area is 99.8 Å². The predicted molar refractivity (Wildman–Crippen MR) is 67.7 cm³/mol. The van der Waals surface area contributed by atoms with E-state index in [2.05, 4.69) is 5.32 Å². The van der Waals surface area contributed by atoms with Crippen molar-refractivity contribution >= 4 is 22.6 Å². The van der Waals surface area contributed by atoms with Gasteiger partial charge in [-0.1, -0.05) is 19.1 Å². The Bertz CT molecular complexity index is 519. The molecule has 90 valence electrons. The number of carbonyl (C=O) groups is 1. The van der Waals surface area contributed by atoms with Gasteiger partial charge in [0.25, 0.3) is 0 Å². The van der Waals surface area contributed by atoms with Gasteiger partial charge in [-0.2, -0.15) is 0 Å². The summed E-state index contributed by atoms with van der Waals surface area (Å²) in [4.78, 5) is 11.7. The number of amides is 1. The van der Waals surface area contributed by atoms with E-state index >= 15 is 0 Å². The summed E-state index contributed by atoms with van der Waals surface area (Å²) in [6, 6.07) is 7.60. The Kier molecular flexibility index (Phi) is 3.44. The highest BCUT2D eigenvalue weighted by atomic mass is 16.3. The van der Waals surface area contributed by atoms with Crippen LogP contribution in [0.2, 0.25) is 0 Å². The van der Waals surface area contributed by atoms with Crippen LogP contribution in [0.4, 0.5) is 5.69 Å². The second-order valence-corrected chi connectivity index (χ2v) is 4.24. The van der Waals surface area contributed by atoms with Crippen LogP contribution in [0.1, 0.15) is 13.3 Å². The summed E-state index contributed by atoms with van der Waals surface area (Å²) in [6.45, 7) is 2.46. The zero-order chi connectivity index (χ0) is 12.3. The van der Waals surface area contributed by atoms with Crippen molar-refractivity contribution in [1.82, 2.24) is 0 Å². The van der Waals surface area contributed by atoms with Crippen LogP contribution < -0.4 is 11.1 Å². The first kappa shape index (κ1) is 11.7. The van der Waals surface area contributed by atoms with E-state index in [-0.39, 0.29) is 11.8 Å². The maximum Gasteiger partial charge on any atom is 0.224 e. The molecule has 0 bridgehead atoms. The molecule has 0 aliphatic rings. The normalized spacial score (nSPS) is 12.6. The number of hydrogen-bond donors (Lipinski definition) is 2. The fraction of sp³-hybridized carbons (Fsp3) is 0.308. The van der Waals surface area contributed by atoms with Crippen molar-refractivity contribution in [2.45, 2.75) is 13.3 Å². The summed E-state index contributed by atoms with van der Waals surface area (Å²) in [5.41, 5.74) is 6.98. The van der Waals surface area contributed by atoms with Gasteiger partial charge in [0.2, 0.25) is 5.91 Å². The molecule has 0 spiro atoms. The van der Waals surface area contributed by atoms with Gasteiger partial charge in [-0.15, -0.1) is 0 Å². The molecule has 1 heterocycles. The Balaban J connectivity index is 2.11. The first-order chi connectivity index (χ1) is 8.20. The molecular weight excluding hydrogens is 216 g/mol. The first-order valence-corrected chi connectivity index (χ1v) is 5.67. The number of furan rings is 1. The topological polar surface area (TPSA) is 68.3 Å². The van der Waals surface area contributed by atoms with E-state index in [9.17, 15) is 4.79 Å². The molecule has 0 aliphatic heterocycles. The number of carbonyl (C=O) groups excluding carboxylic acids is 1. The van der Waals surface area contributed by atoms with Crippen LogP contribution in [-0.4, -0.2) is 12.5 Å². The summed E-state index contributed by atoms with van der Waals surface area (Å²) < 4.78 is 5.34. The van der Waals surface area contributed by atoms with Crippen LogP contribution in [0.25, 0.3) is 11.0 Å². The number of anilines is 1. The summed E-state index contributed by atoms with van der Waals surface area (Å²) in [5, 5.41) is 3.76. The molecule has 1 unspecified atom stereocenters. The van der Waals surface area contributed by atoms with Gasteiger partial charge in [0.05, 0.1) is 5.69 Å². The lowest BCUT2D eigenvalue weighted by molar-refractivity contribution is -0.116. The summed E-state index contributed by atoms with van der Waals surface area (Å²) in [5.74, 6) is 0.155. The van der Waals surface area contributed by atoms with Crippen LogP contribution in [0, 0.1) is 5.92 Å². The van der Waals surface area contributed by atoms with E-state index < -0.39 is 0 Å². The minimum atomic E-state index is -0.0329. The average Bonchev–Trinajstić information content (AvgIpc) is 2.72. The quantitative estimate of drug-likeness (QED) is 0.850. The molecule has 2 rings (SSSR count). The molecule has 3 N–H and O–H groups in total. The highest BCUT2D eigenvalue weighted by Crippen LogP contribution is 2.25. The molecule has 0 saturated heterocycles. The van der Waals surface area contributed by atoms with E-state index in [0.717, 1.165) is 16.7 Å². The number of hydrogen-bond acceptors (Lipinski definition) is 3. The van der Waals surface area contributed by atoms with Gasteiger partial charge in [0.1, 0.15) is 11.8 Å². The second-order valence-electron chi connectivity index (χ2n) is 4.24. The molecule has 4 nitrogen and oxygen atoms in total. The number of fused-ring (bicyclic) bond motifs is 1. The molecule has 17 heavy (non-hydrogen) atoms. The Morgan fingerprint density at radius 2 is 2.24 bits per heavy atom. The number of benzene rings is 1. The van der Waals surface area contributed by atoms with Gasteiger partial charge in [-0.05, 0) is 24.6 Å². The fourth-order valence-electron chi connectivity index (χ4n) is 1.68. The van der Waals surface area contributed by atoms with Crippen molar-refractivity contribution < 1.29 is 9.21 Å². The number of rotatable bonds is 4. The molecule has 0 saturated carbocycles. The highest BCUT2D eigenvalue weighted by molar-refractivity contribution is 6.00. The monoisotopic (exact) mass is 232 g/mol. The molecule has 1 aromatic heterocycles. The zero-order valence-corrected chi connectivity index (χ0v) is 9.77. The smallest absolute Gasteiger partial charge is 0.224 e. The molecule has 4 heteroatoms. The molecule has 1 aromatic carbocycles. The van der Waals surface area contributed by atoms with Crippen molar-refractivity contribution in [2.75, 3.05) is 11.9 Å². The van der Waals surface area contributed by atoms with Crippen molar-refractivity contribution in [3.05, 3.63) is 30.5 Å². The maximum atomic E-state index is 11.7. The van der Waals surface area contributed by atoms with Crippen molar-refractivity contribution in [3.63, 3.8) is 0 Å². The van der Waals surface area contributed by atoms with Crippen molar-refractivity contribution in [1.29, 1.82) is 0 Å². The maximum absolute atomic E-state index is 11.7. The van der Waals surface area contributed by atoms with Crippen LogP contribution >= 0.6 is 0 Å². The van der Waals surface area contributed by atoms with E-state index in [1.54, 1.807) is 6.26 Å².